The number of amides is 1. The van der Waals surface area contributed by atoms with E-state index in [-0.39, 0.29) is 16.9 Å². The number of hydrogen-bond donors (Lipinski definition) is 1. The summed E-state index contributed by atoms with van der Waals surface area (Å²) >= 11 is 0. The largest absolute Gasteiger partial charge is 0.355 e. The molecule has 172 valence electrons. The van der Waals surface area contributed by atoms with Crippen molar-refractivity contribution < 1.29 is 4.79 Å². The second-order valence-electron chi connectivity index (χ2n) is 9.48. The summed E-state index contributed by atoms with van der Waals surface area (Å²) in [5.74, 6) is 0.593. The molecule has 2 saturated heterocycles. The highest BCUT2D eigenvalue weighted by Crippen LogP contribution is 2.44. The minimum atomic E-state index is -0.216. The van der Waals surface area contributed by atoms with Crippen molar-refractivity contribution in [1.82, 2.24) is 14.9 Å². The summed E-state index contributed by atoms with van der Waals surface area (Å²) < 4.78 is 0. The summed E-state index contributed by atoms with van der Waals surface area (Å²) in [5.41, 5.74) is 3.22. The number of benzene rings is 2. The maximum absolute atomic E-state index is 12.6. The van der Waals surface area contributed by atoms with Crippen molar-refractivity contribution in [3.8, 4) is 17.2 Å². The van der Waals surface area contributed by atoms with E-state index < -0.39 is 0 Å². The molecule has 2 aliphatic rings. The maximum Gasteiger partial charge on any atom is 0.249 e. The zero-order valence-electron chi connectivity index (χ0n) is 19.1. The average molecular weight is 462 g/mol. The first kappa shape index (κ1) is 21.1. The van der Waals surface area contributed by atoms with E-state index in [1.54, 1.807) is 6.07 Å². The maximum atomic E-state index is 12.6. The zero-order chi connectivity index (χ0) is 24.2. The summed E-state index contributed by atoms with van der Waals surface area (Å²) in [6.45, 7) is 6.45. The van der Waals surface area contributed by atoms with Gasteiger partial charge in [0.2, 0.25) is 11.5 Å². The normalized spacial score (nSPS) is 16.4. The Bertz CT molecular complexity index is 1620. The molecule has 0 aliphatic carbocycles. The zero-order valence-corrected chi connectivity index (χ0v) is 19.1. The van der Waals surface area contributed by atoms with Gasteiger partial charge in [0.05, 0.1) is 5.52 Å². The first-order valence-electron chi connectivity index (χ1n) is 11.6. The fraction of sp³-hybridized carbons (Fsp3) is 0.214. The number of nitrogens with zero attached hydrogens (tertiary/aromatic N) is 4. The smallest absolute Gasteiger partial charge is 0.249 e. The van der Waals surface area contributed by atoms with Crippen LogP contribution < -0.4 is 10.5 Å². The number of nitrogens with one attached hydrogen (secondary N) is 1. The Labute approximate surface area is 201 Å². The molecule has 0 bridgehead atoms. The molecule has 7 heteroatoms. The van der Waals surface area contributed by atoms with E-state index >= 15 is 0 Å². The number of pyridine rings is 2. The number of hydrogen-bond acceptors (Lipinski definition) is 5. The van der Waals surface area contributed by atoms with Crippen molar-refractivity contribution >= 4 is 33.5 Å². The van der Waals surface area contributed by atoms with Gasteiger partial charge in [-0.05, 0) is 30.2 Å². The quantitative estimate of drug-likeness (QED) is 0.468. The lowest BCUT2D eigenvalue weighted by Crippen LogP contribution is -2.59. The number of carbonyl (C=O) groups is 1. The highest BCUT2D eigenvalue weighted by Gasteiger charge is 2.49. The van der Waals surface area contributed by atoms with E-state index in [1.165, 1.54) is 6.08 Å². The standard InChI is InChI=1S/C28H23N5O2/c1-2-25(35)33-16-28(17-33)11-12-32(15-28)27-21(14-29)26(19-8-4-6-10-23(19)31-27)20-13-24(34)30-22-9-5-3-7-18(20)22/h2-10,13H,1,11-12,15-17H2,(H,30,34). The number of likely N-dealkylation sites (tertiary alicyclic amines) is 1. The van der Waals surface area contributed by atoms with Gasteiger partial charge in [0, 0.05) is 59.5 Å². The lowest BCUT2D eigenvalue weighted by atomic mass is 9.79. The first-order chi connectivity index (χ1) is 17.0. The van der Waals surface area contributed by atoms with Crippen LogP contribution in [0.5, 0.6) is 0 Å². The van der Waals surface area contributed by atoms with Crippen LogP contribution in [0.15, 0.2) is 72.0 Å². The van der Waals surface area contributed by atoms with Crippen molar-refractivity contribution in [2.24, 2.45) is 5.41 Å². The van der Waals surface area contributed by atoms with E-state index in [2.05, 4.69) is 22.5 Å². The minimum absolute atomic E-state index is 0.00940. The number of aromatic nitrogens is 2. The molecule has 4 aromatic rings. The molecule has 7 nitrogen and oxygen atoms in total. The van der Waals surface area contributed by atoms with Crippen molar-refractivity contribution in [2.45, 2.75) is 6.42 Å². The van der Waals surface area contributed by atoms with Crippen LogP contribution in [0.1, 0.15) is 12.0 Å². The van der Waals surface area contributed by atoms with Gasteiger partial charge in [0.1, 0.15) is 17.5 Å². The van der Waals surface area contributed by atoms with Gasteiger partial charge in [-0.1, -0.05) is 43.0 Å². The second-order valence-corrected chi connectivity index (χ2v) is 9.48. The molecule has 0 radical (unpaired) electrons. The van der Waals surface area contributed by atoms with Crippen molar-refractivity contribution in [3.05, 3.63) is 83.2 Å². The number of H-pyrrole nitrogens is 1. The summed E-state index contributed by atoms with van der Waals surface area (Å²) in [6, 6.07) is 19.4. The number of para-hydroxylation sites is 2. The summed E-state index contributed by atoms with van der Waals surface area (Å²) in [7, 11) is 0. The fourth-order valence-electron chi connectivity index (χ4n) is 5.65. The molecule has 2 aromatic carbocycles. The van der Waals surface area contributed by atoms with Gasteiger partial charge >= 0.3 is 0 Å². The molecular formula is C28H23N5O2. The van der Waals surface area contributed by atoms with E-state index in [0.717, 1.165) is 52.4 Å². The Morgan fingerprint density at radius 1 is 1.11 bits per heavy atom. The second kappa shape index (κ2) is 7.81. The molecule has 2 aromatic heterocycles. The van der Waals surface area contributed by atoms with Crippen LogP contribution in [0.2, 0.25) is 0 Å². The van der Waals surface area contributed by atoms with Gasteiger partial charge in [-0.2, -0.15) is 5.26 Å². The predicted molar refractivity (Wildman–Crippen MR) is 136 cm³/mol. The van der Waals surface area contributed by atoms with Crippen LogP contribution in [0.4, 0.5) is 5.82 Å². The number of rotatable bonds is 3. The molecule has 2 fully saturated rings. The van der Waals surface area contributed by atoms with Crippen LogP contribution >= 0.6 is 0 Å². The lowest BCUT2D eigenvalue weighted by Gasteiger charge is -2.47. The Morgan fingerprint density at radius 3 is 2.63 bits per heavy atom. The number of nitriles is 1. The molecule has 2 aliphatic heterocycles. The predicted octanol–water partition coefficient (Wildman–Crippen LogP) is 3.84. The van der Waals surface area contributed by atoms with Gasteiger partial charge in [-0.25, -0.2) is 4.98 Å². The van der Waals surface area contributed by atoms with Crippen molar-refractivity contribution in [2.75, 3.05) is 31.1 Å². The third kappa shape index (κ3) is 3.29. The van der Waals surface area contributed by atoms with Gasteiger partial charge in [0.25, 0.3) is 0 Å². The summed E-state index contributed by atoms with van der Waals surface area (Å²) in [5, 5.41) is 12.1. The van der Waals surface area contributed by atoms with Crippen molar-refractivity contribution in [1.29, 1.82) is 5.26 Å². The highest BCUT2D eigenvalue weighted by molar-refractivity contribution is 6.07. The number of carbonyl (C=O) groups excluding carboxylic acids is 1. The molecule has 1 N–H and O–H groups in total. The molecule has 4 heterocycles. The van der Waals surface area contributed by atoms with Gasteiger partial charge < -0.3 is 14.8 Å². The van der Waals surface area contributed by atoms with E-state index in [9.17, 15) is 14.9 Å². The van der Waals surface area contributed by atoms with Crippen LogP contribution in [0.3, 0.4) is 0 Å². The molecule has 0 unspecified atom stereocenters. The monoisotopic (exact) mass is 461 g/mol. The van der Waals surface area contributed by atoms with Gasteiger partial charge in [-0.3, -0.25) is 9.59 Å². The van der Waals surface area contributed by atoms with Crippen LogP contribution in [-0.2, 0) is 4.79 Å². The topological polar surface area (TPSA) is 93.1 Å². The first-order valence-corrected chi connectivity index (χ1v) is 11.6. The van der Waals surface area contributed by atoms with Gasteiger partial charge in [0.15, 0.2) is 0 Å². The SMILES string of the molecule is C=CC(=O)N1CC2(CCN(c3nc4ccccc4c(-c4cc(=O)[nH]c5ccccc45)c3C#N)C2)C1. The average Bonchev–Trinajstić information content (AvgIpc) is 3.31. The van der Waals surface area contributed by atoms with Crippen LogP contribution in [0, 0.1) is 16.7 Å². The minimum Gasteiger partial charge on any atom is -0.355 e. The van der Waals surface area contributed by atoms with Gasteiger partial charge in [-0.15, -0.1) is 0 Å². The van der Waals surface area contributed by atoms with Crippen LogP contribution in [-0.4, -0.2) is 47.0 Å². The molecule has 6 rings (SSSR count). The Kier molecular flexibility index (Phi) is 4.71. The third-order valence-electron chi connectivity index (χ3n) is 7.28. The van der Waals surface area contributed by atoms with Crippen LogP contribution in [0.25, 0.3) is 32.9 Å². The summed E-state index contributed by atoms with van der Waals surface area (Å²) in [6.07, 6.45) is 2.28. The third-order valence-corrected chi connectivity index (χ3v) is 7.28. The number of fused-ring (bicyclic) bond motifs is 2. The van der Waals surface area contributed by atoms with E-state index in [1.807, 2.05) is 53.4 Å². The molecule has 0 saturated carbocycles. The van der Waals surface area contributed by atoms with E-state index in [4.69, 9.17) is 4.98 Å². The fourth-order valence-corrected chi connectivity index (χ4v) is 5.65. The van der Waals surface area contributed by atoms with E-state index in [0.29, 0.717) is 24.5 Å². The lowest BCUT2D eigenvalue weighted by molar-refractivity contribution is -0.136. The Morgan fingerprint density at radius 2 is 1.86 bits per heavy atom. The summed E-state index contributed by atoms with van der Waals surface area (Å²) in [4.78, 5) is 36.4. The molecule has 1 amide bonds. The molecule has 1 spiro atoms. The molecule has 35 heavy (non-hydrogen) atoms. The molecule has 0 atom stereocenters. The number of aromatic amines is 1. The van der Waals surface area contributed by atoms with Crippen molar-refractivity contribution in [3.63, 3.8) is 0 Å². The Hall–Kier alpha value is -4.44. The molecular weight excluding hydrogens is 438 g/mol. The Balaban J connectivity index is 1.52. The number of anilines is 1. The highest BCUT2D eigenvalue weighted by atomic mass is 16.2.